The van der Waals surface area contributed by atoms with E-state index in [0.717, 1.165) is 11.1 Å². The van der Waals surface area contributed by atoms with Crippen molar-refractivity contribution >= 4 is 17.4 Å². The van der Waals surface area contributed by atoms with Gasteiger partial charge in [-0.25, -0.2) is 4.98 Å². The number of benzene rings is 1. The minimum atomic E-state index is -0.425. The highest BCUT2D eigenvalue weighted by atomic mass is 16.6. The minimum Gasteiger partial charge on any atom is -0.311 e. The van der Waals surface area contributed by atoms with Gasteiger partial charge < -0.3 is 10.6 Å². The summed E-state index contributed by atoms with van der Waals surface area (Å²) in [7, 11) is 0. The van der Waals surface area contributed by atoms with Crippen molar-refractivity contribution in [3.63, 3.8) is 0 Å². The Kier molecular flexibility index (Phi) is 5.97. The van der Waals surface area contributed by atoms with Gasteiger partial charge in [0.05, 0.1) is 4.92 Å². The molecule has 0 saturated heterocycles. The van der Waals surface area contributed by atoms with Gasteiger partial charge in [0.25, 0.3) is 5.69 Å². The van der Waals surface area contributed by atoms with Crippen LogP contribution < -0.4 is 10.6 Å². The third-order valence-electron chi connectivity index (χ3n) is 3.59. The van der Waals surface area contributed by atoms with Crippen molar-refractivity contribution in [2.45, 2.75) is 26.3 Å². The molecule has 0 aliphatic carbocycles. The fourth-order valence-corrected chi connectivity index (χ4v) is 2.15. The third kappa shape index (κ3) is 5.13. The van der Waals surface area contributed by atoms with Crippen molar-refractivity contribution in [1.29, 1.82) is 0 Å². The van der Waals surface area contributed by atoms with Crippen LogP contribution in [-0.2, 0) is 4.79 Å². The van der Waals surface area contributed by atoms with Gasteiger partial charge >= 0.3 is 0 Å². The van der Waals surface area contributed by atoms with Crippen molar-refractivity contribution in [3.05, 3.63) is 63.8 Å². The van der Waals surface area contributed by atoms with E-state index < -0.39 is 4.92 Å². The summed E-state index contributed by atoms with van der Waals surface area (Å²) >= 11 is 0. The van der Waals surface area contributed by atoms with Gasteiger partial charge in [-0.1, -0.05) is 18.2 Å². The molecule has 0 saturated carbocycles. The molecule has 1 heterocycles. The molecule has 0 bridgehead atoms. The van der Waals surface area contributed by atoms with Crippen LogP contribution in [0.1, 0.15) is 30.5 Å². The number of non-ortho nitro benzene ring substituents is 1. The van der Waals surface area contributed by atoms with Gasteiger partial charge in [-0.05, 0) is 31.0 Å². The summed E-state index contributed by atoms with van der Waals surface area (Å²) in [5.74, 6) is 0.420. The van der Waals surface area contributed by atoms with E-state index in [1.165, 1.54) is 12.1 Å². The Hall–Kier alpha value is -2.80. The molecule has 0 aliphatic heterocycles. The van der Waals surface area contributed by atoms with Crippen molar-refractivity contribution in [2.75, 3.05) is 11.9 Å². The lowest BCUT2D eigenvalue weighted by Gasteiger charge is -2.14. The van der Waals surface area contributed by atoms with Crippen LogP contribution in [0.4, 0.5) is 11.5 Å². The molecule has 126 valence electrons. The van der Waals surface area contributed by atoms with Crippen LogP contribution >= 0.6 is 0 Å². The number of amides is 1. The number of nitro benzene ring substituents is 1. The third-order valence-corrected chi connectivity index (χ3v) is 3.59. The Morgan fingerprint density at radius 1 is 1.25 bits per heavy atom. The summed E-state index contributed by atoms with van der Waals surface area (Å²) < 4.78 is 0. The molecule has 2 aromatic rings. The summed E-state index contributed by atoms with van der Waals surface area (Å²) in [4.78, 5) is 26.2. The van der Waals surface area contributed by atoms with Crippen LogP contribution in [-0.4, -0.2) is 22.4 Å². The molecule has 0 aliphatic rings. The number of pyridine rings is 1. The van der Waals surface area contributed by atoms with E-state index in [9.17, 15) is 14.9 Å². The lowest BCUT2D eigenvalue weighted by atomic mass is 10.1. The summed E-state index contributed by atoms with van der Waals surface area (Å²) in [6.07, 6.45) is 2.01. The zero-order chi connectivity index (χ0) is 17.5. The number of nitro groups is 1. The number of hydrogen-bond acceptors (Lipinski definition) is 5. The highest BCUT2D eigenvalue weighted by Crippen LogP contribution is 2.17. The second-order valence-corrected chi connectivity index (χ2v) is 5.54. The van der Waals surface area contributed by atoms with Gasteiger partial charge in [0.2, 0.25) is 5.91 Å². The lowest BCUT2D eigenvalue weighted by molar-refractivity contribution is -0.384. The lowest BCUT2D eigenvalue weighted by Crippen LogP contribution is -2.24. The Labute approximate surface area is 140 Å². The second kappa shape index (κ2) is 8.16. The van der Waals surface area contributed by atoms with E-state index in [4.69, 9.17) is 0 Å². The monoisotopic (exact) mass is 328 g/mol. The molecule has 2 rings (SSSR count). The quantitative estimate of drug-likeness (QED) is 0.601. The Bertz CT molecular complexity index is 699. The van der Waals surface area contributed by atoms with E-state index in [1.54, 1.807) is 24.4 Å². The molecule has 24 heavy (non-hydrogen) atoms. The molecule has 1 aromatic carbocycles. The van der Waals surface area contributed by atoms with Gasteiger partial charge in [0, 0.05) is 37.3 Å². The number of nitrogens with zero attached hydrogens (tertiary/aromatic N) is 2. The Morgan fingerprint density at radius 2 is 1.96 bits per heavy atom. The molecule has 0 fully saturated rings. The Balaban J connectivity index is 1.77. The molecule has 0 spiro atoms. The SMILES string of the molecule is Cc1ccc(NC(=O)CCN[C@@H](C)c2ccc([N+](=O)[O-])cc2)nc1. The van der Waals surface area contributed by atoms with Gasteiger partial charge in [-0.2, -0.15) is 0 Å². The Morgan fingerprint density at radius 3 is 2.54 bits per heavy atom. The first kappa shape index (κ1) is 17.6. The van der Waals surface area contributed by atoms with Gasteiger partial charge in [-0.3, -0.25) is 14.9 Å². The van der Waals surface area contributed by atoms with Gasteiger partial charge in [0.15, 0.2) is 0 Å². The molecule has 1 amide bonds. The van der Waals surface area contributed by atoms with Crippen LogP contribution in [0, 0.1) is 17.0 Å². The smallest absolute Gasteiger partial charge is 0.269 e. The predicted octanol–water partition coefficient (Wildman–Crippen LogP) is 2.98. The first-order chi connectivity index (χ1) is 11.5. The standard InChI is InChI=1S/C17H20N4O3/c1-12-3-8-16(19-11-12)20-17(22)9-10-18-13(2)14-4-6-15(7-5-14)21(23)24/h3-8,11,13,18H,9-10H2,1-2H3,(H,19,20,22)/t13-/m0/s1. The molecule has 0 radical (unpaired) electrons. The molecular formula is C17H20N4O3. The molecule has 1 atom stereocenters. The summed E-state index contributed by atoms with van der Waals surface area (Å²) in [5, 5.41) is 16.6. The largest absolute Gasteiger partial charge is 0.311 e. The van der Waals surface area contributed by atoms with Gasteiger partial charge in [-0.15, -0.1) is 0 Å². The topological polar surface area (TPSA) is 97.2 Å². The highest BCUT2D eigenvalue weighted by molar-refractivity contribution is 5.89. The minimum absolute atomic E-state index is 0.00361. The zero-order valence-corrected chi connectivity index (χ0v) is 13.7. The first-order valence-electron chi connectivity index (χ1n) is 7.66. The molecule has 7 nitrogen and oxygen atoms in total. The summed E-state index contributed by atoms with van der Waals surface area (Å²) in [6.45, 7) is 4.37. The molecule has 0 unspecified atom stereocenters. The van der Waals surface area contributed by atoms with Crippen molar-refractivity contribution in [1.82, 2.24) is 10.3 Å². The maximum Gasteiger partial charge on any atom is 0.269 e. The number of rotatable bonds is 7. The number of anilines is 1. The predicted molar refractivity (Wildman–Crippen MR) is 91.7 cm³/mol. The molecular weight excluding hydrogens is 308 g/mol. The summed E-state index contributed by atoms with van der Waals surface area (Å²) in [6, 6.07) is 10.0. The van der Waals surface area contributed by atoms with Crippen LogP contribution in [0.15, 0.2) is 42.6 Å². The number of carbonyl (C=O) groups excluding carboxylic acids is 1. The molecule has 2 N–H and O–H groups in total. The summed E-state index contributed by atoms with van der Waals surface area (Å²) in [5.41, 5.74) is 2.03. The molecule has 7 heteroatoms. The van der Waals surface area contributed by atoms with E-state index in [2.05, 4.69) is 15.6 Å². The van der Waals surface area contributed by atoms with Crippen molar-refractivity contribution < 1.29 is 9.72 Å². The van der Waals surface area contributed by atoms with Crippen LogP contribution in [0.2, 0.25) is 0 Å². The van der Waals surface area contributed by atoms with E-state index in [1.807, 2.05) is 19.9 Å². The fourth-order valence-electron chi connectivity index (χ4n) is 2.15. The van der Waals surface area contributed by atoms with Crippen LogP contribution in [0.25, 0.3) is 0 Å². The zero-order valence-electron chi connectivity index (χ0n) is 13.7. The van der Waals surface area contributed by atoms with Crippen molar-refractivity contribution in [3.8, 4) is 0 Å². The number of hydrogen-bond donors (Lipinski definition) is 2. The average molecular weight is 328 g/mol. The fraction of sp³-hybridized carbons (Fsp3) is 0.294. The number of carbonyl (C=O) groups is 1. The van der Waals surface area contributed by atoms with Crippen molar-refractivity contribution in [2.24, 2.45) is 0 Å². The van der Waals surface area contributed by atoms with Crippen LogP contribution in [0.3, 0.4) is 0 Å². The molecule has 1 aromatic heterocycles. The average Bonchev–Trinajstić information content (AvgIpc) is 2.57. The van der Waals surface area contributed by atoms with Crippen LogP contribution in [0.5, 0.6) is 0 Å². The highest BCUT2D eigenvalue weighted by Gasteiger charge is 2.09. The number of nitrogens with one attached hydrogen (secondary N) is 2. The first-order valence-corrected chi connectivity index (χ1v) is 7.66. The number of aromatic nitrogens is 1. The van der Waals surface area contributed by atoms with Gasteiger partial charge in [0.1, 0.15) is 5.82 Å². The maximum absolute atomic E-state index is 11.9. The van der Waals surface area contributed by atoms with E-state index >= 15 is 0 Å². The second-order valence-electron chi connectivity index (χ2n) is 5.54. The van der Waals surface area contributed by atoms with E-state index in [0.29, 0.717) is 18.8 Å². The normalized spacial score (nSPS) is 11.8. The maximum atomic E-state index is 11.9. The number of aryl methyl sites for hydroxylation is 1. The van der Waals surface area contributed by atoms with E-state index in [-0.39, 0.29) is 17.6 Å².